The van der Waals surface area contributed by atoms with Gasteiger partial charge in [-0.1, -0.05) is 36.7 Å². The normalized spacial score (nSPS) is 11.9. The number of anilines is 1. The largest absolute Gasteiger partial charge is 0.350 e. The zero-order valence-electron chi connectivity index (χ0n) is 15.3. The summed E-state index contributed by atoms with van der Waals surface area (Å²) in [4.78, 5) is 26.1. The molecule has 0 radical (unpaired) electrons. The van der Waals surface area contributed by atoms with Gasteiger partial charge in [-0.25, -0.2) is 0 Å². The molecule has 26 heavy (non-hydrogen) atoms. The van der Waals surface area contributed by atoms with Crippen molar-refractivity contribution >= 4 is 29.1 Å². The third-order valence-electron chi connectivity index (χ3n) is 4.06. The SMILES string of the molecule is CCC(=O)Nc1cccc(C(=O)NCC(c2ccc(Cl)cc2)N(C)C)c1. The summed E-state index contributed by atoms with van der Waals surface area (Å²) in [5.74, 6) is -0.267. The fraction of sp³-hybridized carbons (Fsp3) is 0.300. The molecule has 0 fully saturated rings. The maximum Gasteiger partial charge on any atom is 0.251 e. The van der Waals surface area contributed by atoms with E-state index in [9.17, 15) is 9.59 Å². The van der Waals surface area contributed by atoms with Crippen molar-refractivity contribution in [1.29, 1.82) is 0 Å². The molecule has 2 aromatic rings. The van der Waals surface area contributed by atoms with E-state index in [-0.39, 0.29) is 17.9 Å². The molecule has 6 heteroatoms. The first kappa shape index (κ1) is 19.9. The van der Waals surface area contributed by atoms with Gasteiger partial charge >= 0.3 is 0 Å². The molecule has 1 unspecified atom stereocenters. The molecule has 0 aliphatic heterocycles. The molecular formula is C20H24ClN3O2. The fourth-order valence-electron chi connectivity index (χ4n) is 2.56. The summed E-state index contributed by atoms with van der Waals surface area (Å²) >= 11 is 5.95. The van der Waals surface area contributed by atoms with Crippen molar-refractivity contribution in [3.8, 4) is 0 Å². The second-order valence-corrected chi connectivity index (χ2v) is 6.66. The molecule has 5 nitrogen and oxygen atoms in total. The lowest BCUT2D eigenvalue weighted by Gasteiger charge is -2.25. The van der Waals surface area contributed by atoms with Crippen LogP contribution in [-0.2, 0) is 4.79 Å². The van der Waals surface area contributed by atoms with Crippen LogP contribution in [0, 0.1) is 0 Å². The molecule has 2 N–H and O–H groups in total. The molecule has 0 heterocycles. The van der Waals surface area contributed by atoms with Crippen molar-refractivity contribution in [2.75, 3.05) is 26.0 Å². The highest BCUT2D eigenvalue weighted by Crippen LogP contribution is 2.20. The first-order valence-corrected chi connectivity index (χ1v) is 8.88. The lowest BCUT2D eigenvalue weighted by Crippen LogP contribution is -2.34. The number of likely N-dealkylation sites (N-methyl/N-ethyl adjacent to an activating group) is 1. The van der Waals surface area contributed by atoms with E-state index in [1.165, 1.54) is 0 Å². The Morgan fingerprint density at radius 3 is 2.42 bits per heavy atom. The zero-order chi connectivity index (χ0) is 19.1. The van der Waals surface area contributed by atoms with Crippen LogP contribution in [0.1, 0.15) is 35.3 Å². The Kier molecular flexibility index (Phi) is 7.18. The molecule has 0 aromatic heterocycles. The minimum atomic E-state index is -0.182. The van der Waals surface area contributed by atoms with Gasteiger partial charge < -0.3 is 15.5 Å². The van der Waals surface area contributed by atoms with E-state index >= 15 is 0 Å². The third-order valence-corrected chi connectivity index (χ3v) is 4.32. The Morgan fingerprint density at radius 1 is 1.12 bits per heavy atom. The van der Waals surface area contributed by atoms with E-state index in [1.54, 1.807) is 31.2 Å². The van der Waals surface area contributed by atoms with Gasteiger partial charge in [0.15, 0.2) is 0 Å². The van der Waals surface area contributed by atoms with Gasteiger partial charge in [0, 0.05) is 29.2 Å². The number of hydrogen-bond donors (Lipinski definition) is 2. The van der Waals surface area contributed by atoms with E-state index in [2.05, 4.69) is 10.6 Å². The zero-order valence-corrected chi connectivity index (χ0v) is 16.0. The highest BCUT2D eigenvalue weighted by atomic mass is 35.5. The molecular weight excluding hydrogens is 350 g/mol. The Bertz CT molecular complexity index is 760. The lowest BCUT2D eigenvalue weighted by molar-refractivity contribution is -0.115. The summed E-state index contributed by atoms with van der Waals surface area (Å²) in [5.41, 5.74) is 2.20. The summed E-state index contributed by atoms with van der Waals surface area (Å²) in [6.45, 7) is 2.24. The number of hydrogen-bond acceptors (Lipinski definition) is 3. The number of benzene rings is 2. The van der Waals surface area contributed by atoms with Gasteiger partial charge in [-0.3, -0.25) is 9.59 Å². The van der Waals surface area contributed by atoms with E-state index in [1.807, 2.05) is 43.3 Å². The molecule has 0 saturated carbocycles. The van der Waals surface area contributed by atoms with Gasteiger partial charge in [0.25, 0.3) is 5.91 Å². The summed E-state index contributed by atoms with van der Waals surface area (Å²) in [7, 11) is 3.93. The average molecular weight is 374 g/mol. The van der Waals surface area contributed by atoms with Crippen molar-refractivity contribution in [2.45, 2.75) is 19.4 Å². The van der Waals surface area contributed by atoms with Gasteiger partial charge in [0.05, 0.1) is 6.04 Å². The second kappa shape index (κ2) is 9.36. The Balaban J connectivity index is 2.05. The minimum Gasteiger partial charge on any atom is -0.350 e. The number of amides is 2. The molecule has 1 atom stereocenters. The topological polar surface area (TPSA) is 61.4 Å². The number of carbonyl (C=O) groups excluding carboxylic acids is 2. The van der Waals surface area contributed by atoms with Gasteiger partial charge in [-0.2, -0.15) is 0 Å². The van der Waals surface area contributed by atoms with E-state index < -0.39 is 0 Å². The number of rotatable bonds is 7. The van der Waals surface area contributed by atoms with Crippen LogP contribution < -0.4 is 10.6 Å². The molecule has 2 rings (SSSR count). The fourth-order valence-corrected chi connectivity index (χ4v) is 2.69. The summed E-state index contributed by atoms with van der Waals surface area (Å²) < 4.78 is 0. The summed E-state index contributed by atoms with van der Waals surface area (Å²) in [5, 5.41) is 6.40. The van der Waals surface area contributed by atoms with E-state index in [4.69, 9.17) is 11.6 Å². The summed E-state index contributed by atoms with van der Waals surface area (Å²) in [6.07, 6.45) is 0.391. The highest BCUT2D eigenvalue weighted by molar-refractivity contribution is 6.30. The van der Waals surface area contributed by atoms with Crippen LogP contribution in [-0.4, -0.2) is 37.4 Å². The maximum absolute atomic E-state index is 12.5. The summed E-state index contributed by atoms with van der Waals surface area (Å²) in [6, 6.07) is 14.5. The van der Waals surface area contributed by atoms with Gasteiger partial charge in [-0.15, -0.1) is 0 Å². The number of nitrogens with one attached hydrogen (secondary N) is 2. The standard InChI is InChI=1S/C20H24ClN3O2/c1-4-19(25)23-17-7-5-6-15(12-17)20(26)22-13-18(24(2)3)14-8-10-16(21)11-9-14/h5-12,18H,4,13H2,1-3H3,(H,22,26)(H,23,25). The first-order chi connectivity index (χ1) is 12.4. The molecule has 0 spiro atoms. The molecule has 138 valence electrons. The van der Waals surface area contributed by atoms with Crippen LogP contribution in [0.5, 0.6) is 0 Å². The molecule has 0 aliphatic carbocycles. The smallest absolute Gasteiger partial charge is 0.251 e. The van der Waals surface area contributed by atoms with Crippen molar-refractivity contribution < 1.29 is 9.59 Å². The van der Waals surface area contributed by atoms with Crippen LogP contribution in [0.15, 0.2) is 48.5 Å². The molecule has 2 aromatic carbocycles. The van der Waals surface area contributed by atoms with Crippen LogP contribution in [0.3, 0.4) is 0 Å². The van der Waals surface area contributed by atoms with Gasteiger partial charge in [0.1, 0.15) is 0 Å². The Labute approximate surface area is 159 Å². The van der Waals surface area contributed by atoms with E-state index in [0.717, 1.165) is 5.56 Å². The lowest BCUT2D eigenvalue weighted by atomic mass is 10.1. The second-order valence-electron chi connectivity index (χ2n) is 6.22. The number of halogens is 1. The molecule has 0 bridgehead atoms. The molecule has 0 saturated heterocycles. The quantitative estimate of drug-likeness (QED) is 0.777. The van der Waals surface area contributed by atoms with Crippen molar-refractivity contribution in [3.63, 3.8) is 0 Å². The van der Waals surface area contributed by atoms with Crippen molar-refractivity contribution in [1.82, 2.24) is 10.2 Å². The van der Waals surface area contributed by atoms with E-state index in [0.29, 0.717) is 29.2 Å². The van der Waals surface area contributed by atoms with Crippen LogP contribution in [0.2, 0.25) is 5.02 Å². The first-order valence-electron chi connectivity index (χ1n) is 8.50. The van der Waals surface area contributed by atoms with Gasteiger partial charge in [0.2, 0.25) is 5.91 Å². The van der Waals surface area contributed by atoms with Crippen LogP contribution in [0.4, 0.5) is 5.69 Å². The predicted octanol–water partition coefficient (Wildman–Crippen LogP) is 3.72. The number of carbonyl (C=O) groups is 2. The third kappa shape index (κ3) is 5.58. The highest BCUT2D eigenvalue weighted by Gasteiger charge is 2.16. The predicted molar refractivity (Wildman–Crippen MR) is 106 cm³/mol. The average Bonchev–Trinajstić information content (AvgIpc) is 2.63. The van der Waals surface area contributed by atoms with Crippen LogP contribution in [0.25, 0.3) is 0 Å². The van der Waals surface area contributed by atoms with Crippen molar-refractivity contribution in [2.24, 2.45) is 0 Å². The maximum atomic E-state index is 12.5. The Hall–Kier alpha value is -2.37. The van der Waals surface area contributed by atoms with Crippen LogP contribution >= 0.6 is 11.6 Å². The number of nitrogens with zero attached hydrogens (tertiary/aromatic N) is 1. The molecule has 2 amide bonds. The molecule has 0 aliphatic rings. The van der Waals surface area contributed by atoms with Crippen molar-refractivity contribution in [3.05, 3.63) is 64.7 Å². The van der Waals surface area contributed by atoms with Gasteiger partial charge in [-0.05, 0) is 50.0 Å². The minimum absolute atomic E-state index is 0.0270. The monoisotopic (exact) mass is 373 g/mol. The Morgan fingerprint density at radius 2 is 1.81 bits per heavy atom.